The Morgan fingerprint density at radius 3 is 2.61 bits per heavy atom. The number of carbonyl (C=O) groups is 1. The highest BCUT2D eigenvalue weighted by Gasteiger charge is 2.52. The van der Waals surface area contributed by atoms with Crippen molar-refractivity contribution in [2.75, 3.05) is 13.1 Å². The zero-order valence-corrected chi connectivity index (χ0v) is 18.1. The number of nitrogens with zero attached hydrogens (tertiary/aromatic N) is 4. The van der Waals surface area contributed by atoms with Crippen LogP contribution in [0, 0.1) is 17.6 Å². The number of aromatic nitrogens is 3. The van der Waals surface area contributed by atoms with Gasteiger partial charge in [-0.2, -0.15) is 10.2 Å². The summed E-state index contributed by atoms with van der Waals surface area (Å²) in [5, 5.41) is 12.6. The lowest BCUT2D eigenvalue weighted by Crippen LogP contribution is -2.52. The van der Waals surface area contributed by atoms with Crippen LogP contribution in [0.3, 0.4) is 0 Å². The van der Waals surface area contributed by atoms with E-state index < -0.39 is 11.6 Å². The standard InChI is InChI=1S/C25H24F2N4O2/c26-18-4-1-5-19(27)22(18)20-13-17-15-6-9-25(10-7-15,23(17)30-29-20)16-3-2-12-31(14-16)24(32)21-8-11-28-33-21/h1,4-5,8,11,13,15-16H,2-3,6-7,9-10,12,14H2/t15?,16-,25?/m0/s1. The van der Waals surface area contributed by atoms with E-state index in [1.807, 2.05) is 11.0 Å². The Hall–Kier alpha value is -3.16. The molecular weight excluding hydrogens is 426 g/mol. The van der Waals surface area contributed by atoms with Gasteiger partial charge < -0.3 is 9.42 Å². The second-order valence-corrected chi connectivity index (χ2v) is 9.53. The summed E-state index contributed by atoms with van der Waals surface area (Å²) in [6.07, 6.45) is 7.45. The van der Waals surface area contributed by atoms with Gasteiger partial charge in [-0.15, -0.1) is 0 Å². The van der Waals surface area contributed by atoms with Crippen molar-refractivity contribution < 1.29 is 18.1 Å². The number of piperidine rings is 1. The van der Waals surface area contributed by atoms with Gasteiger partial charge in [0.05, 0.1) is 23.1 Å². The smallest absolute Gasteiger partial charge is 0.292 e. The molecule has 1 amide bonds. The molecule has 2 aromatic heterocycles. The molecule has 7 rings (SSSR count). The maximum absolute atomic E-state index is 14.4. The van der Waals surface area contributed by atoms with Crippen molar-refractivity contribution in [3.05, 3.63) is 65.2 Å². The molecule has 1 saturated carbocycles. The number of amides is 1. The molecule has 1 aromatic carbocycles. The van der Waals surface area contributed by atoms with Gasteiger partial charge >= 0.3 is 0 Å². The molecule has 2 bridgehead atoms. The van der Waals surface area contributed by atoms with E-state index in [0.717, 1.165) is 49.8 Å². The highest BCUT2D eigenvalue weighted by Crippen LogP contribution is 2.57. The Labute approximate surface area is 190 Å². The van der Waals surface area contributed by atoms with Gasteiger partial charge in [-0.1, -0.05) is 11.2 Å². The van der Waals surface area contributed by atoms with Crippen LogP contribution in [-0.4, -0.2) is 39.3 Å². The average molecular weight is 450 g/mol. The molecule has 1 aliphatic heterocycles. The monoisotopic (exact) mass is 450 g/mol. The fourth-order valence-electron chi connectivity index (χ4n) is 6.35. The van der Waals surface area contributed by atoms with E-state index in [2.05, 4.69) is 15.4 Å². The summed E-state index contributed by atoms with van der Waals surface area (Å²) in [4.78, 5) is 14.8. The van der Waals surface area contributed by atoms with E-state index in [4.69, 9.17) is 4.52 Å². The molecule has 0 N–H and O–H groups in total. The topological polar surface area (TPSA) is 72.1 Å². The van der Waals surface area contributed by atoms with Crippen molar-refractivity contribution in [1.29, 1.82) is 0 Å². The summed E-state index contributed by atoms with van der Waals surface area (Å²) in [5.41, 5.74) is 2.00. The minimum absolute atomic E-state index is 0.121. The first-order valence-electron chi connectivity index (χ1n) is 11.6. The van der Waals surface area contributed by atoms with Crippen molar-refractivity contribution in [3.8, 4) is 11.3 Å². The van der Waals surface area contributed by atoms with Gasteiger partial charge in [0.1, 0.15) is 11.6 Å². The van der Waals surface area contributed by atoms with Gasteiger partial charge in [0, 0.05) is 24.6 Å². The fraction of sp³-hybridized carbons (Fsp3) is 0.440. The highest BCUT2D eigenvalue weighted by molar-refractivity contribution is 5.91. The summed E-state index contributed by atoms with van der Waals surface area (Å²) in [6, 6.07) is 7.29. The number of fused-ring (bicyclic) bond motifs is 2. The Bertz CT molecular complexity index is 1180. The Balaban J connectivity index is 1.36. The maximum Gasteiger partial charge on any atom is 0.292 e. The van der Waals surface area contributed by atoms with Crippen LogP contribution in [-0.2, 0) is 5.41 Å². The van der Waals surface area contributed by atoms with Crippen molar-refractivity contribution in [1.82, 2.24) is 20.3 Å². The SMILES string of the molecule is O=C(c1ccno1)N1CCC[C@H](C23CCC(CC2)c2cc(-c4c(F)cccc4F)nnc23)C1. The number of halogens is 2. The van der Waals surface area contributed by atoms with Crippen molar-refractivity contribution in [3.63, 3.8) is 0 Å². The van der Waals surface area contributed by atoms with Crippen molar-refractivity contribution in [2.45, 2.75) is 49.9 Å². The largest absolute Gasteiger partial charge is 0.351 e. The van der Waals surface area contributed by atoms with E-state index in [1.165, 1.54) is 24.4 Å². The Morgan fingerprint density at radius 2 is 1.88 bits per heavy atom. The van der Waals surface area contributed by atoms with E-state index in [0.29, 0.717) is 19.0 Å². The van der Waals surface area contributed by atoms with Crippen LogP contribution in [0.15, 0.2) is 41.1 Å². The third-order valence-corrected chi connectivity index (χ3v) is 7.97. The minimum atomic E-state index is -0.631. The number of likely N-dealkylation sites (tertiary alicyclic amines) is 1. The predicted molar refractivity (Wildman–Crippen MR) is 115 cm³/mol. The molecule has 6 nitrogen and oxygen atoms in total. The normalized spacial score (nSPS) is 26.3. The average Bonchev–Trinajstić information content (AvgIpc) is 3.39. The molecule has 8 heteroatoms. The van der Waals surface area contributed by atoms with Crippen LogP contribution < -0.4 is 0 Å². The molecule has 33 heavy (non-hydrogen) atoms. The van der Waals surface area contributed by atoms with Crippen LogP contribution in [0.25, 0.3) is 11.3 Å². The van der Waals surface area contributed by atoms with Gasteiger partial charge in [0.2, 0.25) is 5.76 Å². The summed E-state index contributed by atoms with van der Waals surface area (Å²) < 4.78 is 33.9. The fourth-order valence-corrected chi connectivity index (χ4v) is 6.35. The Morgan fingerprint density at radius 1 is 1.09 bits per heavy atom. The third-order valence-electron chi connectivity index (χ3n) is 7.97. The van der Waals surface area contributed by atoms with Gasteiger partial charge in [-0.25, -0.2) is 8.78 Å². The summed E-state index contributed by atoms with van der Waals surface area (Å²) in [6.45, 7) is 1.33. The quantitative estimate of drug-likeness (QED) is 0.569. The lowest BCUT2D eigenvalue weighted by atomic mass is 9.54. The van der Waals surface area contributed by atoms with E-state index in [9.17, 15) is 13.6 Å². The molecular formula is C25H24F2N4O2. The number of hydrogen-bond acceptors (Lipinski definition) is 5. The van der Waals surface area contributed by atoms with E-state index in [1.54, 1.807) is 6.07 Å². The number of hydrogen-bond donors (Lipinski definition) is 0. The van der Waals surface area contributed by atoms with Crippen molar-refractivity contribution >= 4 is 5.91 Å². The van der Waals surface area contributed by atoms with Gasteiger partial charge in [0.25, 0.3) is 5.91 Å². The molecule has 170 valence electrons. The number of benzene rings is 1. The molecule has 0 radical (unpaired) electrons. The minimum Gasteiger partial charge on any atom is -0.351 e. The van der Waals surface area contributed by atoms with Gasteiger partial charge in [0.15, 0.2) is 0 Å². The molecule has 3 aliphatic carbocycles. The number of rotatable bonds is 3. The van der Waals surface area contributed by atoms with Crippen LogP contribution >= 0.6 is 0 Å². The lowest BCUT2D eigenvalue weighted by molar-refractivity contribution is 0.0450. The molecule has 2 fully saturated rings. The second kappa shape index (κ2) is 7.71. The molecule has 0 unspecified atom stereocenters. The molecule has 3 heterocycles. The summed E-state index contributed by atoms with van der Waals surface area (Å²) in [7, 11) is 0. The number of carbonyl (C=O) groups excluding carboxylic acids is 1. The van der Waals surface area contributed by atoms with Crippen LogP contribution in [0.4, 0.5) is 8.78 Å². The maximum atomic E-state index is 14.4. The van der Waals surface area contributed by atoms with Crippen LogP contribution in [0.5, 0.6) is 0 Å². The first-order chi connectivity index (χ1) is 16.1. The molecule has 4 aliphatic rings. The third kappa shape index (κ3) is 3.18. The van der Waals surface area contributed by atoms with Crippen LogP contribution in [0.1, 0.15) is 66.3 Å². The zero-order chi connectivity index (χ0) is 22.6. The predicted octanol–water partition coefficient (Wildman–Crippen LogP) is 4.87. The first-order valence-corrected chi connectivity index (χ1v) is 11.6. The summed E-state index contributed by atoms with van der Waals surface area (Å²) in [5.74, 6) is -0.542. The lowest BCUT2D eigenvalue weighted by Gasteiger charge is -2.53. The molecule has 1 saturated heterocycles. The van der Waals surface area contributed by atoms with E-state index >= 15 is 0 Å². The second-order valence-electron chi connectivity index (χ2n) is 9.53. The molecule has 3 aromatic rings. The van der Waals surface area contributed by atoms with Gasteiger partial charge in [-0.3, -0.25) is 4.79 Å². The van der Waals surface area contributed by atoms with Crippen LogP contribution in [0.2, 0.25) is 0 Å². The summed E-state index contributed by atoms with van der Waals surface area (Å²) >= 11 is 0. The first kappa shape index (κ1) is 20.4. The van der Waals surface area contributed by atoms with E-state index in [-0.39, 0.29) is 34.3 Å². The molecule has 0 spiro atoms. The highest BCUT2D eigenvalue weighted by atomic mass is 19.1. The Kier molecular flexibility index (Phi) is 4.78. The zero-order valence-electron chi connectivity index (χ0n) is 18.1. The van der Waals surface area contributed by atoms with Gasteiger partial charge in [-0.05, 0) is 74.1 Å². The molecule has 1 atom stereocenters. The van der Waals surface area contributed by atoms with Crippen molar-refractivity contribution in [2.24, 2.45) is 5.92 Å².